The SMILES string of the molecule is CN(Cc1ccco1)C(=O)[C@@H]1CCCN(c2nc3cccnc3s2)C1. The first-order valence-corrected chi connectivity index (χ1v) is 9.26. The van der Waals surface area contributed by atoms with Crippen LogP contribution < -0.4 is 4.90 Å². The van der Waals surface area contributed by atoms with Gasteiger partial charge in [-0.2, -0.15) is 0 Å². The van der Waals surface area contributed by atoms with E-state index < -0.39 is 0 Å². The summed E-state index contributed by atoms with van der Waals surface area (Å²) in [6, 6.07) is 7.62. The zero-order valence-electron chi connectivity index (χ0n) is 14.1. The summed E-state index contributed by atoms with van der Waals surface area (Å²) in [5, 5.41) is 0.958. The molecule has 0 bridgehead atoms. The van der Waals surface area contributed by atoms with Crippen LogP contribution in [0, 0.1) is 5.92 Å². The lowest BCUT2D eigenvalue weighted by Crippen LogP contribution is -2.43. The first-order chi connectivity index (χ1) is 12.2. The predicted molar refractivity (Wildman–Crippen MR) is 97.5 cm³/mol. The molecule has 0 saturated carbocycles. The van der Waals surface area contributed by atoms with E-state index in [1.807, 2.05) is 31.3 Å². The maximum Gasteiger partial charge on any atom is 0.227 e. The highest BCUT2D eigenvalue weighted by Crippen LogP contribution is 2.30. The fourth-order valence-corrected chi connectivity index (χ4v) is 4.22. The molecule has 130 valence electrons. The van der Waals surface area contributed by atoms with Crippen LogP contribution in [0.5, 0.6) is 0 Å². The molecule has 1 aliphatic heterocycles. The van der Waals surface area contributed by atoms with Gasteiger partial charge in [0, 0.05) is 26.3 Å². The maximum absolute atomic E-state index is 12.8. The average Bonchev–Trinajstić information content (AvgIpc) is 3.30. The van der Waals surface area contributed by atoms with Crippen molar-refractivity contribution in [3.05, 3.63) is 42.5 Å². The third kappa shape index (κ3) is 3.37. The first-order valence-electron chi connectivity index (χ1n) is 8.44. The Morgan fingerprint density at radius 2 is 2.36 bits per heavy atom. The predicted octanol–water partition coefficient (Wildman–Crippen LogP) is 3.16. The number of pyridine rings is 1. The Kier molecular flexibility index (Phi) is 4.40. The van der Waals surface area contributed by atoms with Crippen molar-refractivity contribution in [3.8, 4) is 0 Å². The number of carbonyl (C=O) groups is 1. The van der Waals surface area contributed by atoms with Crippen LogP contribution in [0.3, 0.4) is 0 Å². The Bertz CT molecular complexity index is 828. The number of hydrogen-bond acceptors (Lipinski definition) is 6. The lowest BCUT2D eigenvalue weighted by atomic mass is 9.97. The fourth-order valence-electron chi connectivity index (χ4n) is 3.27. The lowest BCUT2D eigenvalue weighted by molar-refractivity contribution is -0.135. The number of hydrogen-bond donors (Lipinski definition) is 0. The molecule has 1 amide bonds. The molecule has 4 rings (SSSR count). The van der Waals surface area contributed by atoms with Crippen molar-refractivity contribution < 1.29 is 9.21 Å². The summed E-state index contributed by atoms with van der Waals surface area (Å²) < 4.78 is 5.35. The van der Waals surface area contributed by atoms with Gasteiger partial charge < -0.3 is 14.2 Å². The van der Waals surface area contributed by atoms with Gasteiger partial charge in [-0.3, -0.25) is 4.79 Å². The van der Waals surface area contributed by atoms with Crippen molar-refractivity contribution >= 4 is 32.7 Å². The molecule has 4 heterocycles. The molecular weight excluding hydrogens is 336 g/mol. The molecule has 0 N–H and O–H groups in total. The van der Waals surface area contributed by atoms with Gasteiger partial charge in [-0.05, 0) is 37.1 Å². The van der Waals surface area contributed by atoms with Crippen molar-refractivity contribution in [3.63, 3.8) is 0 Å². The summed E-state index contributed by atoms with van der Waals surface area (Å²) in [5.74, 6) is 0.967. The van der Waals surface area contributed by atoms with Crippen molar-refractivity contribution in [2.75, 3.05) is 25.0 Å². The molecule has 1 fully saturated rings. The van der Waals surface area contributed by atoms with Crippen LogP contribution in [0.25, 0.3) is 10.3 Å². The molecule has 3 aromatic rings. The fraction of sp³-hybridized carbons (Fsp3) is 0.389. The first kappa shape index (κ1) is 16.1. The smallest absolute Gasteiger partial charge is 0.227 e. The zero-order valence-corrected chi connectivity index (χ0v) is 14.9. The van der Waals surface area contributed by atoms with Gasteiger partial charge in [0.15, 0.2) is 5.13 Å². The highest BCUT2D eigenvalue weighted by Gasteiger charge is 2.29. The third-order valence-corrected chi connectivity index (χ3v) is 5.59. The number of nitrogens with zero attached hydrogens (tertiary/aromatic N) is 4. The molecular formula is C18H20N4O2S. The molecule has 0 radical (unpaired) electrons. The Balaban J connectivity index is 1.45. The van der Waals surface area contributed by atoms with Gasteiger partial charge in [-0.15, -0.1) is 0 Å². The molecule has 1 atom stereocenters. The van der Waals surface area contributed by atoms with Crippen LogP contribution in [-0.4, -0.2) is 40.9 Å². The second-order valence-corrected chi connectivity index (χ2v) is 7.34. The van der Waals surface area contributed by atoms with Crippen molar-refractivity contribution in [2.45, 2.75) is 19.4 Å². The number of furan rings is 1. The largest absolute Gasteiger partial charge is 0.467 e. The van der Waals surface area contributed by atoms with Crippen LogP contribution in [-0.2, 0) is 11.3 Å². The molecule has 0 unspecified atom stereocenters. The van der Waals surface area contributed by atoms with E-state index in [9.17, 15) is 4.79 Å². The van der Waals surface area contributed by atoms with Gasteiger partial charge in [-0.1, -0.05) is 11.3 Å². The standard InChI is InChI=1S/C18H20N4O2S/c1-21(12-14-6-4-10-24-14)17(23)13-5-3-9-22(11-13)18-20-15-7-2-8-19-16(15)25-18/h2,4,6-8,10,13H,3,5,9,11-12H2,1H3/t13-/m1/s1. The van der Waals surface area contributed by atoms with E-state index in [4.69, 9.17) is 4.42 Å². The van der Waals surface area contributed by atoms with E-state index in [0.717, 1.165) is 40.6 Å². The quantitative estimate of drug-likeness (QED) is 0.718. The van der Waals surface area contributed by atoms with E-state index >= 15 is 0 Å². The highest BCUT2D eigenvalue weighted by atomic mass is 32.1. The minimum absolute atomic E-state index is 0.00585. The average molecular weight is 356 g/mol. The summed E-state index contributed by atoms with van der Waals surface area (Å²) in [6.45, 7) is 2.15. The second kappa shape index (κ2) is 6.84. The third-order valence-electron chi connectivity index (χ3n) is 4.55. The topological polar surface area (TPSA) is 62.5 Å². The number of anilines is 1. The Morgan fingerprint density at radius 3 is 3.16 bits per heavy atom. The van der Waals surface area contributed by atoms with Gasteiger partial charge in [-0.25, -0.2) is 9.97 Å². The summed E-state index contributed by atoms with van der Waals surface area (Å²) in [5.41, 5.74) is 0.922. The van der Waals surface area contributed by atoms with Crippen molar-refractivity contribution in [1.29, 1.82) is 0 Å². The molecule has 7 heteroatoms. The summed E-state index contributed by atoms with van der Waals surface area (Å²) in [7, 11) is 1.84. The van der Waals surface area contributed by atoms with E-state index in [1.165, 1.54) is 0 Å². The molecule has 1 saturated heterocycles. The van der Waals surface area contributed by atoms with Gasteiger partial charge in [0.1, 0.15) is 16.1 Å². The van der Waals surface area contributed by atoms with Crippen LogP contribution in [0.4, 0.5) is 5.13 Å². The number of piperidine rings is 1. The van der Waals surface area contributed by atoms with Crippen LogP contribution >= 0.6 is 11.3 Å². The molecule has 25 heavy (non-hydrogen) atoms. The van der Waals surface area contributed by atoms with E-state index in [-0.39, 0.29) is 11.8 Å². The second-order valence-electron chi connectivity index (χ2n) is 6.38. The van der Waals surface area contributed by atoms with Gasteiger partial charge >= 0.3 is 0 Å². The number of fused-ring (bicyclic) bond motifs is 1. The van der Waals surface area contributed by atoms with E-state index in [2.05, 4.69) is 14.9 Å². The summed E-state index contributed by atoms with van der Waals surface area (Å²) in [6.07, 6.45) is 5.34. The minimum atomic E-state index is -0.00585. The number of carbonyl (C=O) groups excluding carboxylic acids is 1. The number of aromatic nitrogens is 2. The van der Waals surface area contributed by atoms with Crippen LogP contribution in [0.1, 0.15) is 18.6 Å². The van der Waals surface area contributed by atoms with Gasteiger partial charge in [0.2, 0.25) is 5.91 Å². The summed E-state index contributed by atoms with van der Waals surface area (Å²) >= 11 is 1.59. The Labute approximate surface area is 150 Å². The molecule has 0 aliphatic carbocycles. The number of amides is 1. The van der Waals surface area contributed by atoms with Crippen molar-refractivity contribution in [2.24, 2.45) is 5.92 Å². The Morgan fingerprint density at radius 1 is 1.44 bits per heavy atom. The number of rotatable bonds is 4. The lowest BCUT2D eigenvalue weighted by Gasteiger charge is -2.33. The maximum atomic E-state index is 12.8. The normalized spacial score (nSPS) is 17.8. The Hall–Kier alpha value is -2.41. The molecule has 0 spiro atoms. The monoisotopic (exact) mass is 356 g/mol. The molecule has 0 aromatic carbocycles. The van der Waals surface area contributed by atoms with Crippen LogP contribution in [0.15, 0.2) is 41.1 Å². The van der Waals surface area contributed by atoms with Crippen molar-refractivity contribution in [1.82, 2.24) is 14.9 Å². The molecule has 1 aliphatic rings. The van der Waals surface area contributed by atoms with Crippen LogP contribution in [0.2, 0.25) is 0 Å². The molecule has 3 aromatic heterocycles. The zero-order chi connectivity index (χ0) is 17.2. The summed E-state index contributed by atoms with van der Waals surface area (Å²) in [4.78, 5) is 26.8. The number of thiazole rings is 1. The highest BCUT2D eigenvalue weighted by molar-refractivity contribution is 7.21. The molecule has 6 nitrogen and oxygen atoms in total. The van der Waals surface area contributed by atoms with Gasteiger partial charge in [0.25, 0.3) is 0 Å². The van der Waals surface area contributed by atoms with E-state index in [1.54, 1.807) is 28.7 Å². The van der Waals surface area contributed by atoms with Gasteiger partial charge in [0.05, 0.1) is 18.7 Å². The minimum Gasteiger partial charge on any atom is -0.467 e. The van der Waals surface area contributed by atoms with E-state index in [0.29, 0.717) is 13.1 Å².